The van der Waals surface area contributed by atoms with Crippen LogP contribution < -0.4 is 4.74 Å². The standard InChI is InChI=1S/C17H18O4S/c1-13-3-5-15(6-4-13)12-22(19,20)10-9-14-7-8-16(18)17(11-14)21-2/h3-11,18H,12H2,1-2H3/b10-9-. The predicted octanol–water partition coefficient (Wildman–Crippen LogP) is 3.29. The molecule has 22 heavy (non-hydrogen) atoms. The zero-order valence-electron chi connectivity index (χ0n) is 12.5. The minimum atomic E-state index is -3.36. The summed E-state index contributed by atoms with van der Waals surface area (Å²) < 4.78 is 29.2. The van der Waals surface area contributed by atoms with Crippen LogP contribution in [0.5, 0.6) is 11.5 Å². The van der Waals surface area contributed by atoms with Crippen LogP contribution in [0.25, 0.3) is 6.08 Å². The molecule has 4 nitrogen and oxygen atoms in total. The van der Waals surface area contributed by atoms with Crippen LogP contribution in [0.3, 0.4) is 0 Å². The lowest BCUT2D eigenvalue weighted by Crippen LogP contribution is -1.99. The summed E-state index contributed by atoms with van der Waals surface area (Å²) in [5.41, 5.74) is 2.48. The molecule has 0 aliphatic rings. The molecule has 116 valence electrons. The number of benzene rings is 2. The molecule has 0 aromatic heterocycles. The van der Waals surface area contributed by atoms with Gasteiger partial charge < -0.3 is 9.84 Å². The maximum Gasteiger partial charge on any atom is 0.175 e. The molecule has 0 saturated carbocycles. The van der Waals surface area contributed by atoms with Crippen LogP contribution in [-0.4, -0.2) is 20.6 Å². The van der Waals surface area contributed by atoms with Crippen LogP contribution in [0.2, 0.25) is 0 Å². The first-order valence-electron chi connectivity index (χ1n) is 6.73. The van der Waals surface area contributed by atoms with Gasteiger partial charge in [0.25, 0.3) is 0 Å². The van der Waals surface area contributed by atoms with E-state index in [-0.39, 0.29) is 11.5 Å². The first-order chi connectivity index (χ1) is 10.4. The molecule has 0 spiro atoms. The smallest absolute Gasteiger partial charge is 0.175 e. The fourth-order valence-electron chi connectivity index (χ4n) is 1.94. The van der Waals surface area contributed by atoms with E-state index in [0.717, 1.165) is 11.1 Å². The summed E-state index contributed by atoms with van der Waals surface area (Å²) in [4.78, 5) is 0. The highest BCUT2D eigenvalue weighted by atomic mass is 32.2. The van der Waals surface area contributed by atoms with Crippen molar-refractivity contribution in [2.24, 2.45) is 0 Å². The summed E-state index contributed by atoms with van der Waals surface area (Å²) in [5, 5.41) is 10.7. The molecular formula is C17H18O4S. The molecule has 0 heterocycles. The van der Waals surface area contributed by atoms with Crippen molar-refractivity contribution in [3.8, 4) is 11.5 Å². The lowest BCUT2D eigenvalue weighted by molar-refractivity contribution is 0.373. The summed E-state index contributed by atoms with van der Waals surface area (Å²) in [5.74, 6) is 0.277. The van der Waals surface area contributed by atoms with Gasteiger partial charge in [-0.1, -0.05) is 35.9 Å². The van der Waals surface area contributed by atoms with E-state index in [1.165, 1.54) is 24.7 Å². The molecule has 0 aliphatic heterocycles. The number of methoxy groups -OCH3 is 1. The van der Waals surface area contributed by atoms with Gasteiger partial charge in [0.15, 0.2) is 21.3 Å². The summed E-state index contributed by atoms with van der Waals surface area (Å²) >= 11 is 0. The van der Waals surface area contributed by atoms with Crippen LogP contribution in [0, 0.1) is 6.92 Å². The van der Waals surface area contributed by atoms with Gasteiger partial charge in [-0.2, -0.15) is 0 Å². The Labute approximate surface area is 130 Å². The maximum absolute atomic E-state index is 12.1. The van der Waals surface area contributed by atoms with Crippen molar-refractivity contribution >= 4 is 15.9 Å². The molecule has 2 rings (SSSR count). The van der Waals surface area contributed by atoms with E-state index >= 15 is 0 Å². The van der Waals surface area contributed by atoms with E-state index in [4.69, 9.17) is 4.74 Å². The molecule has 0 unspecified atom stereocenters. The van der Waals surface area contributed by atoms with Gasteiger partial charge in [-0.15, -0.1) is 0 Å². The Morgan fingerprint density at radius 1 is 1.14 bits per heavy atom. The van der Waals surface area contributed by atoms with Gasteiger partial charge in [-0.3, -0.25) is 0 Å². The lowest BCUT2D eigenvalue weighted by atomic mass is 10.2. The molecule has 0 atom stereocenters. The predicted molar refractivity (Wildman–Crippen MR) is 87.5 cm³/mol. The van der Waals surface area contributed by atoms with Crippen molar-refractivity contribution in [1.29, 1.82) is 0 Å². The highest BCUT2D eigenvalue weighted by molar-refractivity contribution is 7.93. The van der Waals surface area contributed by atoms with Gasteiger partial charge in [0.05, 0.1) is 12.9 Å². The average molecular weight is 318 g/mol. The summed E-state index contributed by atoms with van der Waals surface area (Å²) in [6.45, 7) is 1.95. The first kappa shape index (κ1) is 16.1. The van der Waals surface area contributed by atoms with Crippen molar-refractivity contribution in [1.82, 2.24) is 0 Å². The number of ether oxygens (including phenoxy) is 1. The minimum Gasteiger partial charge on any atom is -0.504 e. The Kier molecular flexibility index (Phi) is 4.88. The number of sulfone groups is 1. The lowest BCUT2D eigenvalue weighted by Gasteiger charge is -2.04. The van der Waals surface area contributed by atoms with Crippen LogP contribution in [-0.2, 0) is 15.6 Å². The van der Waals surface area contributed by atoms with Crippen LogP contribution in [0.15, 0.2) is 47.9 Å². The summed E-state index contributed by atoms with van der Waals surface area (Å²) in [7, 11) is -1.92. The number of phenolic OH excluding ortho intramolecular Hbond substituents is 1. The molecule has 0 aliphatic carbocycles. The van der Waals surface area contributed by atoms with E-state index < -0.39 is 9.84 Å². The zero-order chi connectivity index (χ0) is 16.2. The molecule has 5 heteroatoms. The number of phenols is 1. The molecule has 0 amide bonds. The largest absolute Gasteiger partial charge is 0.504 e. The van der Waals surface area contributed by atoms with Gasteiger partial charge in [-0.05, 0) is 36.3 Å². The third-order valence-electron chi connectivity index (χ3n) is 3.16. The van der Waals surface area contributed by atoms with Crippen molar-refractivity contribution < 1.29 is 18.3 Å². The second-order valence-corrected chi connectivity index (χ2v) is 6.91. The monoisotopic (exact) mass is 318 g/mol. The minimum absolute atomic E-state index is 0.0159. The highest BCUT2D eigenvalue weighted by Gasteiger charge is 2.08. The van der Waals surface area contributed by atoms with E-state index in [9.17, 15) is 13.5 Å². The number of aromatic hydroxyl groups is 1. The Hall–Kier alpha value is -2.27. The Morgan fingerprint density at radius 3 is 2.45 bits per heavy atom. The Bertz CT molecular complexity index is 775. The molecule has 1 N–H and O–H groups in total. The van der Waals surface area contributed by atoms with Crippen LogP contribution in [0.4, 0.5) is 0 Å². The molecule has 0 saturated heterocycles. The fourth-order valence-corrected chi connectivity index (χ4v) is 3.06. The second kappa shape index (κ2) is 6.66. The third-order valence-corrected chi connectivity index (χ3v) is 4.45. The normalized spacial score (nSPS) is 11.7. The van der Waals surface area contributed by atoms with Crippen molar-refractivity contribution in [3.05, 3.63) is 64.6 Å². The van der Waals surface area contributed by atoms with Crippen molar-refractivity contribution in [2.75, 3.05) is 7.11 Å². The summed E-state index contributed by atoms with van der Waals surface area (Å²) in [6, 6.07) is 12.1. The maximum atomic E-state index is 12.1. The number of hydrogen-bond acceptors (Lipinski definition) is 4. The number of hydrogen-bond donors (Lipinski definition) is 1. The average Bonchev–Trinajstić information content (AvgIpc) is 2.49. The quantitative estimate of drug-likeness (QED) is 0.919. The van der Waals surface area contributed by atoms with E-state index in [0.29, 0.717) is 11.3 Å². The number of rotatable bonds is 5. The molecule has 2 aromatic carbocycles. The van der Waals surface area contributed by atoms with E-state index in [1.54, 1.807) is 12.1 Å². The summed E-state index contributed by atoms with van der Waals surface area (Å²) in [6.07, 6.45) is 1.49. The van der Waals surface area contributed by atoms with Gasteiger partial charge in [0.2, 0.25) is 0 Å². The molecule has 0 fully saturated rings. The van der Waals surface area contributed by atoms with Gasteiger partial charge >= 0.3 is 0 Å². The molecular weight excluding hydrogens is 300 g/mol. The van der Waals surface area contributed by atoms with Gasteiger partial charge in [0.1, 0.15) is 0 Å². The van der Waals surface area contributed by atoms with Crippen molar-refractivity contribution in [3.63, 3.8) is 0 Å². The van der Waals surface area contributed by atoms with E-state index in [2.05, 4.69) is 0 Å². The molecule has 0 radical (unpaired) electrons. The number of aryl methyl sites for hydroxylation is 1. The third kappa shape index (κ3) is 4.36. The van der Waals surface area contributed by atoms with Gasteiger partial charge in [0, 0.05) is 5.41 Å². The van der Waals surface area contributed by atoms with E-state index in [1.807, 2.05) is 31.2 Å². The highest BCUT2D eigenvalue weighted by Crippen LogP contribution is 2.27. The Morgan fingerprint density at radius 2 is 1.82 bits per heavy atom. The zero-order valence-corrected chi connectivity index (χ0v) is 13.3. The van der Waals surface area contributed by atoms with Crippen LogP contribution in [0.1, 0.15) is 16.7 Å². The Balaban J connectivity index is 2.15. The fraction of sp³-hybridized carbons (Fsp3) is 0.176. The molecule has 2 aromatic rings. The first-order valence-corrected chi connectivity index (χ1v) is 8.44. The topological polar surface area (TPSA) is 63.6 Å². The SMILES string of the molecule is COc1cc(/C=C\S(=O)(=O)Cc2ccc(C)cc2)ccc1O. The van der Waals surface area contributed by atoms with Crippen molar-refractivity contribution in [2.45, 2.75) is 12.7 Å². The molecule has 0 bridgehead atoms. The second-order valence-electron chi connectivity index (χ2n) is 5.03. The van der Waals surface area contributed by atoms with Gasteiger partial charge in [-0.25, -0.2) is 8.42 Å². The van der Waals surface area contributed by atoms with Crippen LogP contribution >= 0.6 is 0 Å².